The van der Waals surface area contributed by atoms with Crippen molar-refractivity contribution in [2.45, 2.75) is 38.7 Å². The van der Waals surface area contributed by atoms with Gasteiger partial charge in [0.1, 0.15) is 0 Å². The van der Waals surface area contributed by atoms with E-state index in [1.54, 1.807) is 0 Å². The van der Waals surface area contributed by atoms with E-state index in [4.69, 9.17) is 0 Å². The predicted octanol–water partition coefficient (Wildman–Crippen LogP) is 2.97. The molecule has 0 bridgehead atoms. The number of carbonyl (C=O) groups is 2. The van der Waals surface area contributed by atoms with Crippen LogP contribution in [0.4, 0.5) is 5.69 Å². The van der Waals surface area contributed by atoms with Crippen molar-refractivity contribution in [1.29, 1.82) is 0 Å². The molecule has 2 aromatic rings. The minimum atomic E-state index is -0.287. The summed E-state index contributed by atoms with van der Waals surface area (Å²) in [6, 6.07) is 14.0. The zero-order chi connectivity index (χ0) is 19.2. The summed E-state index contributed by atoms with van der Waals surface area (Å²) >= 11 is 1.34. The summed E-state index contributed by atoms with van der Waals surface area (Å²) in [6.07, 6.45) is 0. The molecule has 3 N–H and O–H groups in total. The van der Waals surface area contributed by atoms with Crippen LogP contribution in [0.1, 0.15) is 29.2 Å². The average Bonchev–Trinajstić information content (AvgIpc) is 3.13. The van der Waals surface area contributed by atoms with Gasteiger partial charge in [-0.15, -0.1) is 11.8 Å². The van der Waals surface area contributed by atoms with Crippen LogP contribution in [0.5, 0.6) is 0 Å². The number of fused-ring (bicyclic) bond motifs is 1. The molecule has 5 nitrogen and oxygen atoms in total. The number of carbonyl (C=O) groups excluding carboxylic acids is 2. The van der Waals surface area contributed by atoms with Crippen molar-refractivity contribution in [3.63, 3.8) is 0 Å². The maximum Gasteiger partial charge on any atom is 0.234 e. The summed E-state index contributed by atoms with van der Waals surface area (Å²) in [5.41, 5.74) is 5.65. The molecule has 142 valence electrons. The van der Waals surface area contributed by atoms with E-state index >= 15 is 0 Å². The van der Waals surface area contributed by atoms with Gasteiger partial charge in [0.25, 0.3) is 0 Å². The van der Waals surface area contributed by atoms with Crippen molar-refractivity contribution < 1.29 is 9.59 Å². The molecule has 0 saturated heterocycles. The number of anilines is 1. The van der Waals surface area contributed by atoms with Gasteiger partial charge in [-0.2, -0.15) is 0 Å². The van der Waals surface area contributed by atoms with Crippen LogP contribution < -0.4 is 16.0 Å². The van der Waals surface area contributed by atoms with E-state index in [1.807, 2.05) is 38.1 Å². The van der Waals surface area contributed by atoms with Gasteiger partial charge in [-0.05, 0) is 42.7 Å². The molecule has 2 aromatic carbocycles. The van der Waals surface area contributed by atoms with E-state index in [-0.39, 0.29) is 22.8 Å². The summed E-state index contributed by atoms with van der Waals surface area (Å²) < 4.78 is 0. The first-order chi connectivity index (χ1) is 13.0. The van der Waals surface area contributed by atoms with Crippen LogP contribution in [0.2, 0.25) is 0 Å². The molecule has 0 radical (unpaired) electrons. The Kier molecular flexibility index (Phi) is 6.53. The van der Waals surface area contributed by atoms with Gasteiger partial charge in [0.05, 0.1) is 11.0 Å². The molecule has 1 atom stereocenters. The van der Waals surface area contributed by atoms with Gasteiger partial charge in [-0.25, -0.2) is 0 Å². The Morgan fingerprint density at radius 3 is 2.63 bits per heavy atom. The third kappa shape index (κ3) is 5.58. The number of rotatable bonds is 7. The monoisotopic (exact) mass is 383 g/mol. The summed E-state index contributed by atoms with van der Waals surface area (Å²) in [5.74, 6) is 0.0869. The highest BCUT2D eigenvalue weighted by Crippen LogP contribution is 2.17. The fraction of sp³-hybridized carbons (Fsp3) is 0.333. The molecule has 0 fully saturated rings. The van der Waals surface area contributed by atoms with Gasteiger partial charge in [-0.3, -0.25) is 9.59 Å². The Labute approximate surface area is 164 Å². The van der Waals surface area contributed by atoms with Crippen molar-refractivity contribution in [2.75, 3.05) is 11.1 Å². The lowest BCUT2D eigenvalue weighted by atomic mass is 10.1. The van der Waals surface area contributed by atoms with Gasteiger partial charge in [0.2, 0.25) is 11.8 Å². The normalized spacial score (nSPS) is 13.7. The van der Waals surface area contributed by atoms with Crippen molar-refractivity contribution in [3.05, 3.63) is 64.7 Å². The number of hydrogen-bond acceptors (Lipinski definition) is 4. The Bertz CT molecular complexity index is 821. The quantitative estimate of drug-likeness (QED) is 0.687. The Morgan fingerprint density at radius 1 is 1.11 bits per heavy atom. The lowest BCUT2D eigenvalue weighted by Gasteiger charge is -2.13. The number of amides is 2. The lowest BCUT2D eigenvalue weighted by Crippen LogP contribution is -2.31. The fourth-order valence-corrected chi connectivity index (χ4v) is 3.61. The zero-order valence-electron chi connectivity index (χ0n) is 15.7. The minimum absolute atomic E-state index is 0.0539. The van der Waals surface area contributed by atoms with Crippen LogP contribution in [0.3, 0.4) is 0 Å². The first-order valence-corrected chi connectivity index (χ1v) is 10.1. The maximum atomic E-state index is 12.3. The zero-order valence-corrected chi connectivity index (χ0v) is 16.5. The van der Waals surface area contributed by atoms with E-state index < -0.39 is 0 Å². The third-order valence-electron chi connectivity index (χ3n) is 4.54. The predicted molar refractivity (Wildman–Crippen MR) is 111 cm³/mol. The number of hydrogen-bond donors (Lipinski definition) is 3. The molecule has 1 aliphatic rings. The molecule has 0 aliphatic carbocycles. The van der Waals surface area contributed by atoms with Gasteiger partial charge < -0.3 is 16.0 Å². The molecule has 6 heteroatoms. The van der Waals surface area contributed by atoms with E-state index in [9.17, 15) is 9.59 Å². The van der Waals surface area contributed by atoms with E-state index in [0.29, 0.717) is 6.54 Å². The highest BCUT2D eigenvalue weighted by Gasteiger charge is 2.16. The van der Waals surface area contributed by atoms with Crippen molar-refractivity contribution in [1.82, 2.24) is 10.6 Å². The van der Waals surface area contributed by atoms with Crippen molar-refractivity contribution in [3.8, 4) is 0 Å². The molecule has 1 aliphatic heterocycles. The Balaban J connectivity index is 1.41. The maximum absolute atomic E-state index is 12.3. The van der Waals surface area contributed by atoms with E-state index in [2.05, 4.69) is 34.1 Å². The molecule has 2 amide bonds. The second-order valence-electron chi connectivity index (χ2n) is 6.79. The molecule has 3 rings (SSSR count). The van der Waals surface area contributed by atoms with Crippen LogP contribution in [0, 0.1) is 6.92 Å². The second-order valence-corrected chi connectivity index (χ2v) is 8.12. The first-order valence-electron chi connectivity index (χ1n) is 9.08. The lowest BCUT2D eigenvalue weighted by molar-refractivity contribution is -0.120. The standard InChI is InChI=1S/C21H25N3O2S/c1-14-3-7-19(8-4-14)24-20(25)13-27-15(2)21(26)23-10-16-5-6-17-11-22-12-18(17)9-16/h3-9,15,22H,10-13H2,1-2H3,(H,23,26)(H,24,25). The molecular formula is C21H25N3O2S. The molecule has 1 unspecified atom stereocenters. The Hall–Kier alpha value is -2.31. The largest absolute Gasteiger partial charge is 0.351 e. The molecule has 0 saturated carbocycles. The van der Waals surface area contributed by atoms with Crippen LogP contribution >= 0.6 is 11.8 Å². The summed E-state index contributed by atoms with van der Waals surface area (Å²) in [5, 5.41) is 8.84. The van der Waals surface area contributed by atoms with Gasteiger partial charge in [0.15, 0.2) is 0 Å². The van der Waals surface area contributed by atoms with Crippen LogP contribution in [-0.4, -0.2) is 22.8 Å². The number of nitrogens with one attached hydrogen (secondary N) is 3. The minimum Gasteiger partial charge on any atom is -0.351 e. The van der Waals surface area contributed by atoms with Gasteiger partial charge in [0, 0.05) is 25.3 Å². The van der Waals surface area contributed by atoms with Crippen LogP contribution in [-0.2, 0) is 29.2 Å². The molecule has 1 heterocycles. The van der Waals surface area contributed by atoms with Crippen LogP contribution in [0.15, 0.2) is 42.5 Å². The average molecular weight is 384 g/mol. The molecule has 0 spiro atoms. The van der Waals surface area contributed by atoms with Gasteiger partial charge >= 0.3 is 0 Å². The number of benzene rings is 2. The topological polar surface area (TPSA) is 70.2 Å². The van der Waals surface area contributed by atoms with Gasteiger partial charge in [-0.1, -0.05) is 35.9 Å². The highest BCUT2D eigenvalue weighted by molar-refractivity contribution is 8.01. The molecule has 27 heavy (non-hydrogen) atoms. The Morgan fingerprint density at radius 2 is 1.85 bits per heavy atom. The van der Waals surface area contributed by atoms with Crippen LogP contribution in [0.25, 0.3) is 0 Å². The number of aryl methyl sites for hydroxylation is 1. The highest BCUT2D eigenvalue weighted by atomic mass is 32.2. The van der Waals surface area contributed by atoms with Crippen molar-refractivity contribution >= 4 is 29.3 Å². The first kappa shape index (κ1) is 19.5. The van der Waals surface area contributed by atoms with E-state index in [1.165, 1.54) is 22.9 Å². The summed E-state index contributed by atoms with van der Waals surface area (Å²) in [4.78, 5) is 24.3. The second kappa shape index (κ2) is 9.06. The molecular weight excluding hydrogens is 358 g/mol. The fourth-order valence-electron chi connectivity index (χ4n) is 2.90. The molecule has 0 aromatic heterocycles. The smallest absolute Gasteiger partial charge is 0.234 e. The summed E-state index contributed by atoms with van der Waals surface area (Å²) in [6.45, 7) is 6.14. The van der Waals surface area contributed by atoms with E-state index in [0.717, 1.165) is 29.9 Å². The number of thioether (sulfide) groups is 1. The summed E-state index contributed by atoms with van der Waals surface area (Å²) in [7, 11) is 0. The third-order valence-corrected chi connectivity index (χ3v) is 5.68. The van der Waals surface area contributed by atoms with Crippen molar-refractivity contribution in [2.24, 2.45) is 0 Å². The SMILES string of the molecule is Cc1ccc(NC(=O)CSC(C)C(=O)NCc2ccc3c(c2)CNC3)cc1.